The van der Waals surface area contributed by atoms with Crippen molar-refractivity contribution in [2.75, 3.05) is 52.9 Å². The molecule has 2 aromatic heterocycles. The van der Waals surface area contributed by atoms with Crippen molar-refractivity contribution in [2.45, 2.75) is 31.8 Å². The summed E-state index contributed by atoms with van der Waals surface area (Å²) < 4.78 is 1.39. The van der Waals surface area contributed by atoms with Crippen molar-refractivity contribution in [1.82, 2.24) is 29.2 Å². The summed E-state index contributed by atoms with van der Waals surface area (Å²) in [4.78, 5) is 37.4. The van der Waals surface area contributed by atoms with E-state index in [0.717, 1.165) is 39.1 Å². The van der Waals surface area contributed by atoms with Crippen LogP contribution in [0.3, 0.4) is 0 Å². The van der Waals surface area contributed by atoms with Crippen LogP contribution in [0.2, 0.25) is 0 Å². The topological polar surface area (TPSA) is 89.7 Å². The minimum atomic E-state index is -0.408. The Morgan fingerprint density at radius 1 is 1.00 bits per heavy atom. The molecular weight excluding hydrogens is 396 g/mol. The molecule has 9 heteroatoms. The van der Waals surface area contributed by atoms with E-state index in [1.807, 2.05) is 0 Å². The fraction of sp³-hybridized carbons (Fsp3) is 0.591. The van der Waals surface area contributed by atoms with Crippen LogP contribution in [0.4, 0.5) is 0 Å². The third-order valence-corrected chi connectivity index (χ3v) is 7.05. The second kappa shape index (κ2) is 8.22. The molecule has 0 atom stereocenters. The number of likely N-dealkylation sites (tertiary alicyclic amines) is 1. The van der Waals surface area contributed by atoms with Gasteiger partial charge in [0.2, 0.25) is 11.6 Å². The molecule has 3 aliphatic rings. The lowest BCUT2D eigenvalue weighted by molar-refractivity contribution is 0.0635. The highest BCUT2D eigenvalue weighted by atomic mass is 16.5. The van der Waals surface area contributed by atoms with Gasteiger partial charge in [0.25, 0.3) is 0 Å². The molecule has 0 amide bonds. The number of carbonyl (C=O) groups excluding carboxylic acids is 2. The van der Waals surface area contributed by atoms with Gasteiger partial charge in [-0.25, -0.2) is 0 Å². The first kappa shape index (κ1) is 20.4. The predicted molar refractivity (Wildman–Crippen MR) is 115 cm³/mol. The van der Waals surface area contributed by atoms with E-state index < -0.39 is 5.78 Å². The Kier molecular flexibility index (Phi) is 5.41. The molecule has 0 saturated carbocycles. The number of fused-ring (bicyclic) bond motifs is 2. The molecule has 1 aliphatic carbocycles. The van der Waals surface area contributed by atoms with Gasteiger partial charge in [-0.15, -0.1) is 0 Å². The van der Waals surface area contributed by atoms with Gasteiger partial charge < -0.3 is 19.9 Å². The molecule has 31 heavy (non-hydrogen) atoms. The maximum atomic E-state index is 12.8. The molecule has 9 nitrogen and oxygen atoms in total. The van der Waals surface area contributed by atoms with E-state index in [2.05, 4.69) is 26.7 Å². The van der Waals surface area contributed by atoms with Crippen LogP contribution >= 0.6 is 0 Å². The van der Waals surface area contributed by atoms with Gasteiger partial charge in [0, 0.05) is 45.0 Å². The van der Waals surface area contributed by atoms with Crippen molar-refractivity contribution in [1.29, 1.82) is 0 Å². The van der Waals surface area contributed by atoms with Crippen LogP contribution in [-0.2, 0) is 6.54 Å². The van der Waals surface area contributed by atoms with Crippen LogP contribution in [0.1, 0.15) is 51.5 Å². The number of aromatic nitrogens is 3. The van der Waals surface area contributed by atoms with Crippen LogP contribution in [0, 0.1) is 5.21 Å². The van der Waals surface area contributed by atoms with E-state index in [9.17, 15) is 14.8 Å². The zero-order valence-electron chi connectivity index (χ0n) is 18.0. The van der Waals surface area contributed by atoms with E-state index in [1.165, 1.54) is 36.8 Å². The Bertz CT molecular complexity index is 980. The summed E-state index contributed by atoms with van der Waals surface area (Å²) in [6.45, 7) is 7.94. The minimum absolute atomic E-state index is 0.0442. The number of piperidine rings is 1. The summed E-state index contributed by atoms with van der Waals surface area (Å²) in [6, 6.07) is 3.87. The molecule has 166 valence electrons. The molecule has 2 fully saturated rings. The van der Waals surface area contributed by atoms with Gasteiger partial charge in [0.1, 0.15) is 17.1 Å². The first-order chi connectivity index (χ1) is 15.0. The highest BCUT2D eigenvalue weighted by Gasteiger charge is 2.37. The summed E-state index contributed by atoms with van der Waals surface area (Å²) in [5.74, 6) is -0.738. The van der Waals surface area contributed by atoms with Crippen molar-refractivity contribution < 1.29 is 9.59 Å². The van der Waals surface area contributed by atoms with E-state index in [4.69, 9.17) is 0 Å². The van der Waals surface area contributed by atoms with Crippen molar-refractivity contribution in [3.63, 3.8) is 0 Å². The molecule has 0 spiro atoms. The van der Waals surface area contributed by atoms with Crippen molar-refractivity contribution in [3.05, 3.63) is 46.2 Å². The molecule has 2 aliphatic heterocycles. The van der Waals surface area contributed by atoms with E-state index in [1.54, 1.807) is 12.1 Å². The Morgan fingerprint density at radius 2 is 1.74 bits per heavy atom. The number of nitrogens with zero attached hydrogens (tertiary/aromatic N) is 6. The van der Waals surface area contributed by atoms with Gasteiger partial charge in [0.05, 0.1) is 5.56 Å². The number of hydrogen-bond donors (Lipinski definition) is 0. The number of carbonyl (C=O) groups is 2. The maximum Gasteiger partial charge on any atom is 0.232 e. The quantitative estimate of drug-likeness (QED) is 0.600. The first-order valence-corrected chi connectivity index (χ1v) is 11.2. The summed E-state index contributed by atoms with van der Waals surface area (Å²) >= 11 is 0. The van der Waals surface area contributed by atoms with Crippen LogP contribution in [0.5, 0.6) is 0 Å². The van der Waals surface area contributed by atoms with E-state index >= 15 is 0 Å². The van der Waals surface area contributed by atoms with Gasteiger partial charge in [-0.1, -0.05) is 0 Å². The molecule has 2 saturated heterocycles. The van der Waals surface area contributed by atoms with Crippen molar-refractivity contribution in [3.8, 4) is 0 Å². The van der Waals surface area contributed by atoms with E-state index in [0.29, 0.717) is 17.4 Å². The van der Waals surface area contributed by atoms with E-state index in [-0.39, 0.29) is 28.4 Å². The third-order valence-electron chi connectivity index (χ3n) is 7.05. The number of hydrogen-bond acceptors (Lipinski definition) is 7. The standard InChI is InChI=1S/C22H29N6O3/c1-24-10-5-16(6-11-24)26-14-12-25(13-15-26)8-3-9-27-19-20(28(27)31)21(29)17-4-2-7-23-18(17)22(19)30/h2,4,7,16H,3,5-6,8-15H2,1H3/q-1. The lowest BCUT2D eigenvalue weighted by atomic mass is 9.93. The molecule has 0 radical (unpaired) electrons. The first-order valence-electron chi connectivity index (χ1n) is 11.2. The summed E-state index contributed by atoms with van der Waals surface area (Å²) in [5, 5.41) is 12.5. The van der Waals surface area contributed by atoms with Crippen molar-refractivity contribution in [2.24, 2.45) is 0 Å². The molecule has 0 aromatic carbocycles. The largest absolute Gasteiger partial charge is 0.791 e. The summed E-state index contributed by atoms with van der Waals surface area (Å²) in [5.41, 5.74) is 0.527. The summed E-state index contributed by atoms with van der Waals surface area (Å²) in [7, 11) is 2.19. The molecule has 5 rings (SSSR count). The fourth-order valence-corrected chi connectivity index (χ4v) is 5.17. The average molecular weight is 426 g/mol. The zero-order chi connectivity index (χ0) is 21.5. The number of pyridine rings is 1. The van der Waals surface area contributed by atoms with Crippen molar-refractivity contribution >= 4 is 11.6 Å². The van der Waals surface area contributed by atoms with Gasteiger partial charge in [-0.3, -0.25) is 24.2 Å². The summed E-state index contributed by atoms with van der Waals surface area (Å²) in [6.07, 6.45) is 4.78. The second-order valence-electron chi connectivity index (χ2n) is 8.92. The Hall–Kier alpha value is -2.49. The van der Waals surface area contributed by atoms with Gasteiger partial charge in [-0.2, -0.15) is 0 Å². The number of ketones is 2. The smallest absolute Gasteiger partial charge is 0.232 e. The molecule has 4 heterocycles. The lowest BCUT2D eigenvalue weighted by Gasteiger charge is -2.42. The third kappa shape index (κ3) is 3.60. The SMILES string of the molecule is CN1CCC(N2CCN(CCCn3c4c(n3[O-])C(=O)c3cccnc3C4=O)CC2)CC1. The number of rotatable bonds is 5. The normalized spacial score (nSPS) is 21.5. The lowest BCUT2D eigenvalue weighted by Crippen LogP contribution is -2.53. The maximum absolute atomic E-state index is 12.8. The molecule has 2 aromatic rings. The zero-order valence-corrected chi connectivity index (χ0v) is 18.0. The molecule has 0 bridgehead atoms. The molecule has 0 N–H and O–H groups in total. The van der Waals surface area contributed by atoms with Gasteiger partial charge >= 0.3 is 0 Å². The Balaban J connectivity index is 1.14. The minimum Gasteiger partial charge on any atom is -0.791 e. The molecule has 0 unspecified atom stereocenters. The average Bonchev–Trinajstić information content (AvgIpc) is 2.80. The van der Waals surface area contributed by atoms with Crippen LogP contribution in [0.25, 0.3) is 0 Å². The van der Waals surface area contributed by atoms with Crippen LogP contribution in [0.15, 0.2) is 18.3 Å². The molecular formula is C22H29N6O3-. The fourth-order valence-electron chi connectivity index (χ4n) is 5.17. The van der Waals surface area contributed by atoms with Crippen LogP contribution < -0.4 is 0 Å². The monoisotopic (exact) mass is 425 g/mol. The number of piperazine rings is 1. The predicted octanol–water partition coefficient (Wildman–Crippen LogP) is 0.908. The van der Waals surface area contributed by atoms with Crippen LogP contribution in [-0.4, -0.2) is 99.7 Å². The highest BCUT2D eigenvalue weighted by molar-refractivity contribution is 6.26. The van der Waals surface area contributed by atoms with Gasteiger partial charge in [0.15, 0.2) is 0 Å². The second-order valence-corrected chi connectivity index (χ2v) is 8.92. The Morgan fingerprint density at radius 3 is 2.48 bits per heavy atom. The highest BCUT2D eigenvalue weighted by Crippen LogP contribution is 2.29. The Labute approximate surface area is 181 Å². The van der Waals surface area contributed by atoms with Gasteiger partial charge in [-0.05, 0) is 58.1 Å².